The molecule has 166 valence electrons. The molecular weight excluding hydrogens is 430 g/mol. The molecule has 1 fully saturated rings. The average Bonchev–Trinajstić information content (AvgIpc) is 3.23. The summed E-state index contributed by atoms with van der Waals surface area (Å²) < 4.78 is 1.74. The molecule has 0 bridgehead atoms. The molecule has 4 rings (SSSR count). The molecule has 0 spiro atoms. The van der Waals surface area contributed by atoms with Gasteiger partial charge in [0.15, 0.2) is 5.82 Å². The van der Waals surface area contributed by atoms with Gasteiger partial charge in [-0.2, -0.15) is 0 Å². The highest BCUT2D eigenvalue weighted by atomic mass is 35.5. The van der Waals surface area contributed by atoms with E-state index in [-0.39, 0.29) is 5.91 Å². The minimum absolute atomic E-state index is 0.154. The molecule has 2 aromatic heterocycles. The van der Waals surface area contributed by atoms with E-state index >= 15 is 0 Å². The molecule has 32 heavy (non-hydrogen) atoms. The summed E-state index contributed by atoms with van der Waals surface area (Å²) in [5.41, 5.74) is 0.601. The van der Waals surface area contributed by atoms with E-state index in [0.717, 1.165) is 5.82 Å². The van der Waals surface area contributed by atoms with E-state index in [4.69, 9.17) is 11.6 Å². The van der Waals surface area contributed by atoms with Gasteiger partial charge in [0.05, 0.1) is 0 Å². The van der Waals surface area contributed by atoms with Crippen molar-refractivity contribution in [3.05, 3.63) is 65.7 Å². The molecule has 3 heterocycles. The number of carbonyl (C=O) groups excluding carboxylic acids is 2. The van der Waals surface area contributed by atoms with Crippen LogP contribution in [0.25, 0.3) is 0 Å². The van der Waals surface area contributed by atoms with Crippen molar-refractivity contribution in [3.8, 4) is 0 Å². The Morgan fingerprint density at radius 3 is 2.44 bits per heavy atom. The number of piperazine rings is 1. The number of nitrogens with zero attached hydrogens (tertiary/aromatic N) is 5. The highest BCUT2D eigenvalue weighted by molar-refractivity contribution is 6.30. The molecule has 1 aliphatic rings. The molecule has 0 radical (unpaired) electrons. The number of hydrogen-bond donors (Lipinski definition) is 2. The van der Waals surface area contributed by atoms with Crippen LogP contribution in [0.1, 0.15) is 17.5 Å². The third-order valence-corrected chi connectivity index (χ3v) is 5.44. The van der Waals surface area contributed by atoms with Crippen LogP contribution >= 0.6 is 11.6 Å². The van der Waals surface area contributed by atoms with Crippen molar-refractivity contribution in [1.29, 1.82) is 0 Å². The van der Waals surface area contributed by atoms with E-state index in [9.17, 15) is 9.59 Å². The summed E-state index contributed by atoms with van der Waals surface area (Å²) in [4.78, 5) is 38.1. The maximum atomic E-state index is 13.1. The number of aromatic nitrogens is 3. The number of rotatable bonds is 5. The van der Waals surface area contributed by atoms with E-state index in [1.54, 1.807) is 46.1 Å². The second-order valence-electron chi connectivity index (χ2n) is 7.29. The second kappa shape index (κ2) is 9.69. The van der Waals surface area contributed by atoms with Crippen LogP contribution in [0.2, 0.25) is 5.02 Å². The van der Waals surface area contributed by atoms with Crippen molar-refractivity contribution in [2.45, 2.75) is 13.5 Å². The van der Waals surface area contributed by atoms with Crippen molar-refractivity contribution in [1.82, 2.24) is 19.4 Å². The first-order valence-electron chi connectivity index (χ1n) is 10.4. The zero-order valence-corrected chi connectivity index (χ0v) is 18.4. The van der Waals surface area contributed by atoms with Gasteiger partial charge in [-0.25, -0.2) is 14.8 Å². The summed E-state index contributed by atoms with van der Waals surface area (Å²) in [7, 11) is 0. The smallest absolute Gasteiger partial charge is 0.324 e. The van der Waals surface area contributed by atoms with Crippen LogP contribution in [0, 0.1) is 0 Å². The molecule has 0 unspecified atom stereocenters. The van der Waals surface area contributed by atoms with Gasteiger partial charge < -0.3 is 19.7 Å². The van der Waals surface area contributed by atoms with Crippen LogP contribution < -0.4 is 15.5 Å². The molecular formula is C22H24ClN7O2. The van der Waals surface area contributed by atoms with Crippen LogP contribution in [0.5, 0.6) is 0 Å². The van der Waals surface area contributed by atoms with Crippen LogP contribution in [0.15, 0.2) is 54.9 Å². The Hall–Kier alpha value is -3.59. The Bertz CT molecular complexity index is 1080. The van der Waals surface area contributed by atoms with Gasteiger partial charge in [0.2, 0.25) is 5.82 Å². The highest BCUT2D eigenvalue weighted by Crippen LogP contribution is 2.17. The van der Waals surface area contributed by atoms with Crippen molar-refractivity contribution < 1.29 is 9.59 Å². The van der Waals surface area contributed by atoms with E-state index in [1.807, 2.05) is 25.1 Å². The number of urea groups is 1. The number of nitrogens with one attached hydrogen (secondary N) is 2. The highest BCUT2D eigenvalue weighted by Gasteiger charge is 2.26. The van der Waals surface area contributed by atoms with Crippen molar-refractivity contribution in [2.24, 2.45) is 0 Å². The van der Waals surface area contributed by atoms with Gasteiger partial charge in [-0.3, -0.25) is 10.1 Å². The van der Waals surface area contributed by atoms with Gasteiger partial charge in [0, 0.05) is 55.8 Å². The monoisotopic (exact) mass is 453 g/mol. The lowest BCUT2D eigenvalue weighted by Gasteiger charge is -2.35. The van der Waals surface area contributed by atoms with Gasteiger partial charge in [-0.05, 0) is 43.3 Å². The van der Waals surface area contributed by atoms with Gasteiger partial charge in [0.25, 0.3) is 5.91 Å². The molecule has 3 aromatic rings. The molecule has 9 nitrogen and oxygen atoms in total. The molecule has 1 saturated heterocycles. The predicted octanol–water partition coefficient (Wildman–Crippen LogP) is 3.56. The van der Waals surface area contributed by atoms with Crippen LogP contribution in [0.3, 0.4) is 0 Å². The van der Waals surface area contributed by atoms with Crippen molar-refractivity contribution in [3.63, 3.8) is 0 Å². The minimum Gasteiger partial charge on any atom is -0.353 e. The number of anilines is 3. The lowest BCUT2D eigenvalue weighted by Crippen LogP contribution is -2.49. The SMILES string of the molecule is CCn1cc(NC(=O)Nc2ccc(Cl)cc2)nc1C(=O)N1CCN(c2ccccn2)CC1. The number of pyridine rings is 1. The first kappa shape index (κ1) is 21.6. The normalized spacial score (nSPS) is 13.7. The fraction of sp³-hybridized carbons (Fsp3) is 0.273. The van der Waals surface area contributed by atoms with E-state index in [2.05, 4.69) is 25.5 Å². The summed E-state index contributed by atoms with van der Waals surface area (Å²) >= 11 is 5.86. The number of halogens is 1. The molecule has 0 aliphatic carbocycles. The molecule has 0 atom stereocenters. The summed E-state index contributed by atoms with van der Waals surface area (Å²) in [6.07, 6.45) is 3.43. The third-order valence-electron chi connectivity index (χ3n) is 5.19. The van der Waals surface area contributed by atoms with Gasteiger partial charge in [-0.1, -0.05) is 17.7 Å². The van der Waals surface area contributed by atoms with Crippen LogP contribution in [0.4, 0.5) is 22.1 Å². The third kappa shape index (κ3) is 5.00. The Morgan fingerprint density at radius 2 is 1.78 bits per heavy atom. The maximum Gasteiger partial charge on any atom is 0.324 e. The number of amides is 3. The fourth-order valence-electron chi connectivity index (χ4n) is 3.52. The number of aryl methyl sites for hydroxylation is 1. The van der Waals surface area contributed by atoms with Crippen molar-refractivity contribution >= 4 is 40.9 Å². The zero-order valence-electron chi connectivity index (χ0n) is 17.7. The van der Waals surface area contributed by atoms with Gasteiger partial charge in [0.1, 0.15) is 5.82 Å². The quantitative estimate of drug-likeness (QED) is 0.615. The first-order chi connectivity index (χ1) is 15.5. The largest absolute Gasteiger partial charge is 0.353 e. The summed E-state index contributed by atoms with van der Waals surface area (Å²) in [6, 6.07) is 12.1. The average molecular weight is 454 g/mol. The van der Waals surface area contributed by atoms with E-state index < -0.39 is 6.03 Å². The summed E-state index contributed by atoms with van der Waals surface area (Å²) in [5, 5.41) is 5.98. The number of carbonyl (C=O) groups is 2. The second-order valence-corrected chi connectivity index (χ2v) is 7.73. The standard InChI is InChI=1S/C22H24ClN7O2/c1-2-28-15-18(27-22(32)25-17-8-6-16(23)7-9-17)26-20(28)21(31)30-13-11-29(12-14-30)19-5-3-4-10-24-19/h3-10,15H,2,11-14H2,1H3,(H2,25,27,32). The molecule has 10 heteroatoms. The topological polar surface area (TPSA) is 95.4 Å². The van der Waals surface area contributed by atoms with Crippen LogP contribution in [-0.4, -0.2) is 57.6 Å². The van der Waals surface area contributed by atoms with Gasteiger partial charge in [-0.15, -0.1) is 0 Å². The van der Waals surface area contributed by atoms with Gasteiger partial charge >= 0.3 is 6.03 Å². The predicted molar refractivity (Wildman–Crippen MR) is 124 cm³/mol. The fourth-order valence-corrected chi connectivity index (χ4v) is 3.65. The number of benzene rings is 1. The lowest BCUT2D eigenvalue weighted by molar-refractivity contribution is 0.0729. The minimum atomic E-state index is -0.448. The number of hydrogen-bond acceptors (Lipinski definition) is 5. The summed E-state index contributed by atoms with van der Waals surface area (Å²) in [5.74, 6) is 1.38. The molecule has 2 N–H and O–H groups in total. The van der Waals surface area contributed by atoms with E-state index in [0.29, 0.717) is 55.1 Å². The first-order valence-corrected chi connectivity index (χ1v) is 10.8. The molecule has 3 amide bonds. The molecule has 1 aromatic carbocycles. The Balaban J connectivity index is 1.39. The zero-order chi connectivity index (χ0) is 22.5. The molecule has 1 aliphatic heterocycles. The molecule has 0 saturated carbocycles. The number of imidazole rings is 1. The summed E-state index contributed by atoms with van der Waals surface area (Å²) in [6.45, 7) is 5.03. The maximum absolute atomic E-state index is 13.1. The Morgan fingerprint density at radius 1 is 1.03 bits per heavy atom. The van der Waals surface area contributed by atoms with Crippen molar-refractivity contribution in [2.75, 3.05) is 41.7 Å². The van der Waals surface area contributed by atoms with Crippen LogP contribution in [-0.2, 0) is 6.54 Å². The Kier molecular flexibility index (Phi) is 6.55. The Labute approximate surface area is 191 Å². The van der Waals surface area contributed by atoms with E-state index in [1.165, 1.54) is 0 Å². The lowest BCUT2D eigenvalue weighted by atomic mass is 10.3.